The Hall–Kier alpha value is -4.02. The third kappa shape index (κ3) is 6.11. The minimum Gasteiger partial charge on any atom is -0.368 e. The van der Waals surface area contributed by atoms with Crippen LogP contribution in [0.1, 0.15) is 6.92 Å². The van der Waals surface area contributed by atoms with E-state index in [9.17, 15) is 9.59 Å². The molecular formula is C25H30N8O2. The van der Waals surface area contributed by atoms with Gasteiger partial charge in [0.1, 0.15) is 0 Å². The van der Waals surface area contributed by atoms with Gasteiger partial charge in [0.05, 0.1) is 18.3 Å². The van der Waals surface area contributed by atoms with Crippen molar-refractivity contribution in [3.05, 3.63) is 60.8 Å². The zero-order valence-electron chi connectivity index (χ0n) is 19.6. The Balaban J connectivity index is 1.37. The fourth-order valence-electron chi connectivity index (χ4n) is 3.79. The second-order valence-electron chi connectivity index (χ2n) is 8.36. The maximum absolute atomic E-state index is 11.8. The molecule has 35 heavy (non-hydrogen) atoms. The molecule has 2 amide bonds. The maximum Gasteiger partial charge on any atom is 0.240 e. The Labute approximate surface area is 204 Å². The summed E-state index contributed by atoms with van der Waals surface area (Å²) in [5, 5.41) is 6.01. The van der Waals surface area contributed by atoms with E-state index in [4.69, 9.17) is 11.5 Å². The van der Waals surface area contributed by atoms with Gasteiger partial charge in [-0.25, -0.2) is 9.97 Å². The number of amides is 2. The number of piperazine rings is 1. The number of aromatic nitrogens is 2. The standard InChI is InChI=1S/C25H30N8O2/c1-17(27)24(35)29-19-4-2-18(3-5-19)22-10-11-28-25(31-22)30-20-6-8-21(9-7-20)32-12-14-33(15-13-32)23(34)16-26/h2-11,17H,12-16,26-27H2,1H3,(H,29,35)(H,28,30,31)/t17-/m1/s1. The highest BCUT2D eigenvalue weighted by atomic mass is 16.2. The number of nitrogens with zero attached hydrogens (tertiary/aromatic N) is 4. The van der Waals surface area contributed by atoms with Gasteiger partial charge < -0.3 is 31.9 Å². The molecule has 2 heterocycles. The van der Waals surface area contributed by atoms with Gasteiger partial charge in [0.25, 0.3) is 0 Å². The van der Waals surface area contributed by atoms with Crippen molar-refractivity contribution in [2.75, 3.05) is 48.3 Å². The monoisotopic (exact) mass is 474 g/mol. The van der Waals surface area contributed by atoms with Crippen molar-refractivity contribution in [3.63, 3.8) is 0 Å². The minimum absolute atomic E-state index is 0.00429. The molecule has 1 aromatic heterocycles. The smallest absolute Gasteiger partial charge is 0.240 e. The molecule has 1 aliphatic rings. The molecule has 1 atom stereocenters. The second kappa shape index (κ2) is 10.9. The fraction of sp³-hybridized carbons (Fsp3) is 0.280. The molecule has 1 saturated heterocycles. The molecule has 0 aliphatic carbocycles. The third-order valence-electron chi connectivity index (χ3n) is 5.81. The Morgan fingerprint density at radius 3 is 2.26 bits per heavy atom. The molecule has 3 aromatic rings. The first-order valence-corrected chi connectivity index (χ1v) is 11.5. The summed E-state index contributed by atoms with van der Waals surface area (Å²) >= 11 is 0. The average Bonchev–Trinajstić information content (AvgIpc) is 2.89. The summed E-state index contributed by atoms with van der Waals surface area (Å²) in [5.74, 6) is 0.245. The number of nitrogens with two attached hydrogens (primary N) is 2. The summed E-state index contributed by atoms with van der Waals surface area (Å²) in [6.45, 7) is 4.60. The lowest BCUT2D eigenvalue weighted by atomic mass is 10.1. The molecule has 0 spiro atoms. The number of carbonyl (C=O) groups excluding carboxylic acids is 2. The largest absolute Gasteiger partial charge is 0.368 e. The van der Waals surface area contributed by atoms with Gasteiger partial charge in [-0.3, -0.25) is 9.59 Å². The number of hydrogen-bond donors (Lipinski definition) is 4. The lowest BCUT2D eigenvalue weighted by Crippen LogP contribution is -2.50. The van der Waals surface area contributed by atoms with Crippen LogP contribution >= 0.6 is 0 Å². The van der Waals surface area contributed by atoms with Crippen molar-refractivity contribution in [1.29, 1.82) is 0 Å². The van der Waals surface area contributed by atoms with Crippen molar-refractivity contribution < 1.29 is 9.59 Å². The molecule has 10 heteroatoms. The molecule has 2 aromatic carbocycles. The minimum atomic E-state index is -0.573. The average molecular weight is 475 g/mol. The number of benzene rings is 2. The predicted octanol–water partition coefficient (Wildman–Crippen LogP) is 1.78. The van der Waals surface area contributed by atoms with Crippen LogP contribution in [-0.2, 0) is 9.59 Å². The zero-order valence-corrected chi connectivity index (χ0v) is 19.6. The Kier molecular flexibility index (Phi) is 7.54. The van der Waals surface area contributed by atoms with Crippen molar-refractivity contribution in [1.82, 2.24) is 14.9 Å². The van der Waals surface area contributed by atoms with E-state index in [1.54, 1.807) is 18.0 Å². The number of carbonyl (C=O) groups is 2. The normalized spacial score (nSPS) is 14.4. The summed E-state index contributed by atoms with van der Waals surface area (Å²) < 4.78 is 0. The maximum atomic E-state index is 11.8. The Morgan fingerprint density at radius 2 is 1.63 bits per heavy atom. The van der Waals surface area contributed by atoms with E-state index in [-0.39, 0.29) is 18.4 Å². The number of nitrogens with one attached hydrogen (secondary N) is 2. The molecule has 182 valence electrons. The second-order valence-corrected chi connectivity index (χ2v) is 8.36. The van der Waals surface area contributed by atoms with Gasteiger partial charge in [-0.1, -0.05) is 12.1 Å². The van der Waals surface area contributed by atoms with Gasteiger partial charge in [0.15, 0.2) is 0 Å². The van der Waals surface area contributed by atoms with Gasteiger partial charge in [-0.05, 0) is 49.4 Å². The van der Waals surface area contributed by atoms with Crippen LogP contribution in [0.25, 0.3) is 11.3 Å². The van der Waals surface area contributed by atoms with E-state index in [0.29, 0.717) is 24.7 Å². The van der Waals surface area contributed by atoms with Crippen molar-refractivity contribution >= 4 is 34.8 Å². The van der Waals surface area contributed by atoms with Gasteiger partial charge in [0, 0.05) is 55.0 Å². The highest BCUT2D eigenvalue weighted by Crippen LogP contribution is 2.23. The highest BCUT2D eigenvalue weighted by molar-refractivity contribution is 5.94. The van der Waals surface area contributed by atoms with Crippen LogP contribution in [0.2, 0.25) is 0 Å². The molecule has 6 N–H and O–H groups in total. The van der Waals surface area contributed by atoms with E-state index in [2.05, 4.69) is 25.5 Å². The summed E-state index contributed by atoms with van der Waals surface area (Å²) in [5.41, 5.74) is 15.4. The molecule has 0 saturated carbocycles. The molecule has 0 bridgehead atoms. The summed E-state index contributed by atoms with van der Waals surface area (Å²) in [7, 11) is 0. The molecule has 4 rings (SSSR count). The number of anilines is 4. The van der Waals surface area contributed by atoms with Crippen molar-refractivity contribution in [2.24, 2.45) is 11.5 Å². The Bertz CT molecular complexity index is 1160. The van der Waals surface area contributed by atoms with E-state index >= 15 is 0 Å². The van der Waals surface area contributed by atoms with E-state index in [1.165, 1.54) is 0 Å². The van der Waals surface area contributed by atoms with E-state index < -0.39 is 6.04 Å². The van der Waals surface area contributed by atoms with Crippen molar-refractivity contribution in [3.8, 4) is 11.3 Å². The molecule has 0 radical (unpaired) electrons. The van der Waals surface area contributed by atoms with Crippen LogP contribution in [0.5, 0.6) is 0 Å². The van der Waals surface area contributed by atoms with Crippen LogP contribution < -0.4 is 27.0 Å². The zero-order chi connectivity index (χ0) is 24.8. The number of rotatable bonds is 7. The first-order chi connectivity index (χ1) is 16.9. The van der Waals surface area contributed by atoms with Crippen LogP contribution in [0, 0.1) is 0 Å². The van der Waals surface area contributed by atoms with Gasteiger partial charge in [0.2, 0.25) is 17.8 Å². The SMILES string of the molecule is C[C@@H](N)C(=O)Nc1ccc(-c2ccnc(Nc3ccc(N4CCN(C(=O)CN)CC4)cc3)n2)cc1. The summed E-state index contributed by atoms with van der Waals surface area (Å²) in [6.07, 6.45) is 1.70. The van der Waals surface area contributed by atoms with Gasteiger partial charge in [-0.15, -0.1) is 0 Å². The molecule has 1 aliphatic heterocycles. The van der Waals surface area contributed by atoms with E-state index in [1.807, 2.05) is 54.6 Å². The van der Waals surface area contributed by atoms with Crippen LogP contribution in [0.15, 0.2) is 60.8 Å². The number of hydrogen-bond acceptors (Lipinski definition) is 8. The van der Waals surface area contributed by atoms with E-state index in [0.717, 1.165) is 35.7 Å². The fourth-order valence-corrected chi connectivity index (χ4v) is 3.79. The molecule has 1 fully saturated rings. The van der Waals surface area contributed by atoms with Crippen LogP contribution in [0.3, 0.4) is 0 Å². The third-order valence-corrected chi connectivity index (χ3v) is 5.81. The van der Waals surface area contributed by atoms with Crippen molar-refractivity contribution in [2.45, 2.75) is 13.0 Å². The highest BCUT2D eigenvalue weighted by Gasteiger charge is 2.20. The van der Waals surface area contributed by atoms with Crippen LogP contribution in [0.4, 0.5) is 23.0 Å². The lowest BCUT2D eigenvalue weighted by molar-refractivity contribution is -0.130. The molecular weight excluding hydrogens is 444 g/mol. The molecule has 10 nitrogen and oxygen atoms in total. The van der Waals surface area contributed by atoms with Crippen LogP contribution in [-0.4, -0.2) is 65.4 Å². The predicted molar refractivity (Wildman–Crippen MR) is 137 cm³/mol. The lowest BCUT2D eigenvalue weighted by Gasteiger charge is -2.36. The van der Waals surface area contributed by atoms with Gasteiger partial charge >= 0.3 is 0 Å². The van der Waals surface area contributed by atoms with Gasteiger partial charge in [-0.2, -0.15) is 0 Å². The first-order valence-electron chi connectivity index (χ1n) is 11.5. The Morgan fingerprint density at radius 1 is 0.971 bits per heavy atom. The topological polar surface area (TPSA) is 142 Å². The summed E-state index contributed by atoms with van der Waals surface area (Å²) in [4.78, 5) is 36.5. The quantitative estimate of drug-likeness (QED) is 0.406. The first kappa shape index (κ1) is 24.1. The molecule has 0 unspecified atom stereocenters. The summed E-state index contributed by atoms with van der Waals surface area (Å²) in [6, 6.07) is 16.7.